The van der Waals surface area contributed by atoms with E-state index >= 15 is 0 Å². The second kappa shape index (κ2) is 15.7. The van der Waals surface area contributed by atoms with E-state index in [4.69, 9.17) is 0 Å². The van der Waals surface area contributed by atoms with E-state index in [2.05, 4.69) is 96.5 Å². The summed E-state index contributed by atoms with van der Waals surface area (Å²) in [7, 11) is 0. The molecule has 3 aliphatic heterocycles. The Balaban J connectivity index is 1.01. The van der Waals surface area contributed by atoms with Gasteiger partial charge in [-0.3, -0.25) is 9.59 Å². The minimum Gasteiger partial charge on any atom is -0.871 e. The number of nitrogens with one attached hydrogen (secondary N) is 4. The SMILES string of the molecule is CC(C)CCN1/C(=C\C2=C([O-])C(=c3\ccc4ccc(C5=C([O-])/C(=c6\ccc7cccc8c7c6=[NH+]C(C)(c6ccccc6)N8)C5=O)c5c4c3=[NH+]C(C)(c3ccccc3)N5)/C2=O)C(C)(C)c2c1ccc1ccccc21. The number of allylic oxidation sites excluding steroid dienone is 6. The maximum absolute atomic E-state index is 14.9. The predicted octanol–water partition coefficient (Wildman–Crippen LogP) is 4.72. The second-order valence-electron chi connectivity index (χ2n) is 21.5. The lowest BCUT2D eigenvalue weighted by Gasteiger charge is -2.35. The van der Waals surface area contributed by atoms with Gasteiger partial charge in [0.1, 0.15) is 0 Å². The number of carbonyl (C=O) groups excluding carboxylic acids is 2. The van der Waals surface area contributed by atoms with Gasteiger partial charge in [-0.05, 0) is 94.1 Å². The van der Waals surface area contributed by atoms with E-state index < -0.39 is 16.7 Å². The standard InChI is InChI=1S/C64H53N5O4/c1-35(2)32-33-69-47-31-27-36-16-13-14-22-41(36)54(47)62(3,4)48(69)34-45-58(70)51(59(45)71)42-29-25-38-26-30-44(57-50(38)56(42)67-64(6,68-57)40-20-11-8-12-21-40)53-60(72)52(61(53)73)43-28-24-37-17-15-23-46-49(37)55(43)66-63(5,65-46)39-18-9-7-10-19-39/h7-31,34-35,65,68,70,72H,32-33H2,1-6H3/b48-34-,51-42-,52-43-. The van der Waals surface area contributed by atoms with Crippen molar-refractivity contribution >= 4 is 77.7 Å². The fraction of sp³-hybridized carbons (Fsp3) is 0.188. The zero-order chi connectivity index (χ0) is 50.3. The van der Waals surface area contributed by atoms with Gasteiger partial charge in [0.25, 0.3) is 11.3 Å². The van der Waals surface area contributed by atoms with E-state index in [1.807, 2.05) is 128 Å². The summed E-state index contributed by atoms with van der Waals surface area (Å²) in [6, 6.07) is 50.0. The summed E-state index contributed by atoms with van der Waals surface area (Å²) in [4.78, 5) is 39.5. The molecule has 73 heavy (non-hydrogen) atoms. The Bertz CT molecular complexity index is 4190. The van der Waals surface area contributed by atoms with Crippen LogP contribution in [0.2, 0.25) is 0 Å². The van der Waals surface area contributed by atoms with Gasteiger partial charge in [-0.15, -0.1) is 0 Å². The number of hydrogen-bond donors (Lipinski definition) is 4. The van der Waals surface area contributed by atoms with Gasteiger partial charge in [-0.25, -0.2) is 9.98 Å². The molecule has 4 N–H and O–H groups in total. The first kappa shape index (κ1) is 44.4. The smallest absolute Gasteiger partial charge is 0.258 e. The molecule has 2 unspecified atom stereocenters. The molecule has 0 amide bonds. The fourth-order valence-corrected chi connectivity index (χ4v) is 12.3. The van der Waals surface area contributed by atoms with Crippen molar-refractivity contribution in [3.63, 3.8) is 0 Å². The summed E-state index contributed by atoms with van der Waals surface area (Å²) in [5.74, 6) is -0.897. The van der Waals surface area contributed by atoms with E-state index in [0.29, 0.717) is 38.3 Å². The Morgan fingerprint density at radius 2 is 1.16 bits per heavy atom. The van der Waals surface area contributed by atoms with Crippen molar-refractivity contribution in [1.82, 2.24) is 0 Å². The summed E-state index contributed by atoms with van der Waals surface area (Å²) in [5.41, 5.74) is 5.23. The van der Waals surface area contributed by atoms with Crippen molar-refractivity contribution in [2.24, 2.45) is 5.92 Å². The van der Waals surface area contributed by atoms with E-state index in [9.17, 15) is 19.8 Å². The maximum atomic E-state index is 14.9. The van der Waals surface area contributed by atoms with Crippen LogP contribution in [0.25, 0.3) is 49.0 Å². The fourth-order valence-electron chi connectivity index (χ4n) is 12.3. The molecule has 358 valence electrons. The van der Waals surface area contributed by atoms with Crippen molar-refractivity contribution in [2.45, 2.75) is 64.7 Å². The lowest BCUT2D eigenvalue weighted by Crippen LogP contribution is -2.93. The zero-order valence-electron chi connectivity index (χ0n) is 41.6. The Kier molecular flexibility index (Phi) is 9.56. The average Bonchev–Trinajstić information content (AvgIpc) is 3.62. The summed E-state index contributed by atoms with van der Waals surface area (Å²) in [6.07, 6.45) is 2.78. The number of ketones is 2. The number of rotatable bonds is 7. The minimum atomic E-state index is -1.00. The number of fused-ring (bicyclic) bond motifs is 3. The van der Waals surface area contributed by atoms with Gasteiger partial charge in [0.05, 0.1) is 32.6 Å². The average molecular weight is 956 g/mol. The molecule has 0 saturated carbocycles. The summed E-state index contributed by atoms with van der Waals surface area (Å²) in [5, 5.41) is 45.2. The van der Waals surface area contributed by atoms with E-state index in [1.165, 1.54) is 5.56 Å². The molecule has 0 radical (unpaired) electrons. The van der Waals surface area contributed by atoms with Crippen LogP contribution in [0, 0.1) is 5.92 Å². The molecule has 2 atom stereocenters. The Labute approximate surface area is 422 Å². The monoisotopic (exact) mass is 955 g/mol. The van der Waals surface area contributed by atoms with Crippen LogP contribution in [-0.4, -0.2) is 18.1 Å². The lowest BCUT2D eigenvalue weighted by molar-refractivity contribution is -0.588. The van der Waals surface area contributed by atoms with Crippen LogP contribution in [0.4, 0.5) is 17.1 Å². The first-order valence-corrected chi connectivity index (χ1v) is 25.3. The normalized spacial score (nSPS) is 22.6. The lowest BCUT2D eigenvalue weighted by atomic mass is 9.78. The van der Waals surface area contributed by atoms with Gasteiger partial charge in [0.15, 0.2) is 11.6 Å². The number of carbonyl (C=O) groups is 2. The highest BCUT2D eigenvalue weighted by Gasteiger charge is 2.44. The van der Waals surface area contributed by atoms with Gasteiger partial charge in [-0.2, -0.15) is 0 Å². The number of hydrogen-bond acceptors (Lipinski definition) is 7. The van der Waals surface area contributed by atoms with Gasteiger partial charge in [0, 0.05) is 76.2 Å². The van der Waals surface area contributed by atoms with Crippen molar-refractivity contribution < 1.29 is 29.8 Å². The van der Waals surface area contributed by atoms with Gasteiger partial charge < -0.3 is 25.7 Å². The molecule has 0 bridgehead atoms. The first-order chi connectivity index (χ1) is 35.2. The predicted molar refractivity (Wildman–Crippen MR) is 284 cm³/mol. The number of Topliss-reactive ketones (excluding diaryl/α,β-unsaturated/α-hetero) is 2. The molecule has 13 rings (SSSR count). The third-order valence-electron chi connectivity index (χ3n) is 16.1. The summed E-state index contributed by atoms with van der Waals surface area (Å²) < 4.78 is 0. The number of benzene rings is 8. The maximum Gasteiger partial charge on any atom is 0.258 e. The van der Waals surface area contributed by atoms with E-state index in [0.717, 1.165) is 73.5 Å². The molecular formula is C64H53N5O4. The van der Waals surface area contributed by atoms with Crippen molar-refractivity contribution in [1.29, 1.82) is 0 Å². The van der Waals surface area contributed by atoms with E-state index in [-0.39, 0.29) is 45.4 Å². The molecule has 0 aromatic heterocycles. The Hall–Kier alpha value is -8.56. The Morgan fingerprint density at radius 1 is 0.589 bits per heavy atom. The van der Waals surface area contributed by atoms with Crippen molar-refractivity contribution in [2.75, 3.05) is 22.1 Å². The topological polar surface area (TPSA) is 136 Å². The van der Waals surface area contributed by atoms with Crippen molar-refractivity contribution in [3.8, 4) is 0 Å². The quantitative estimate of drug-likeness (QED) is 0.182. The van der Waals surface area contributed by atoms with Crippen LogP contribution in [0.5, 0.6) is 0 Å². The van der Waals surface area contributed by atoms with Gasteiger partial charge in [0.2, 0.25) is 10.7 Å². The molecule has 9 nitrogen and oxygen atoms in total. The highest BCUT2D eigenvalue weighted by atomic mass is 16.3. The minimum absolute atomic E-state index is 0.0778. The van der Waals surface area contributed by atoms with Crippen LogP contribution in [0.3, 0.4) is 0 Å². The third-order valence-corrected chi connectivity index (χ3v) is 16.1. The molecule has 2 aliphatic carbocycles. The zero-order valence-corrected chi connectivity index (χ0v) is 41.6. The van der Waals surface area contributed by atoms with Crippen LogP contribution >= 0.6 is 0 Å². The first-order valence-electron chi connectivity index (χ1n) is 25.3. The largest absolute Gasteiger partial charge is 0.871 e. The molecule has 0 spiro atoms. The second-order valence-corrected chi connectivity index (χ2v) is 21.5. The summed E-state index contributed by atoms with van der Waals surface area (Å²) in [6.45, 7) is 13.6. The summed E-state index contributed by atoms with van der Waals surface area (Å²) >= 11 is 0. The van der Waals surface area contributed by atoms with Gasteiger partial charge in [-0.1, -0.05) is 142 Å². The van der Waals surface area contributed by atoms with Crippen LogP contribution in [0.1, 0.15) is 70.2 Å². The number of nitrogens with zero attached hydrogens (tertiary/aromatic N) is 1. The van der Waals surface area contributed by atoms with Crippen LogP contribution < -0.4 is 56.9 Å². The number of anilines is 3. The van der Waals surface area contributed by atoms with Crippen LogP contribution in [0.15, 0.2) is 181 Å². The molecule has 3 heterocycles. The van der Waals surface area contributed by atoms with Crippen molar-refractivity contribution in [3.05, 3.63) is 224 Å². The highest BCUT2D eigenvalue weighted by Crippen LogP contribution is 2.52. The molecule has 8 aromatic rings. The highest BCUT2D eigenvalue weighted by molar-refractivity contribution is 6.52. The van der Waals surface area contributed by atoms with E-state index in [1.54, 1.807) is 0 Å². The van der Waals surface area contributed by atoms with Crippen LogP contribution in [-0.2, 0) is 26.3 Å². The molecule has 5 aliphatic rings. The Morgan fingerprint density at radius 3 is 1.82 bits per heavy atom. The molecular weight excluding hydrogens is 903 g/mol. The third kappa shape index (κ3) is 6.40. The molecule has 9 heteroatoms. The molecule has 0 saturated heterocycles. The molecule has 8 aromatic carbocycles. The molecule has 0 fully saturated rings. The van der Waals surface area contributed by atoms with Gasteiger partial charge >= 0.3 is 0 Å².